The summed E-state index contributed by atoms with van der Waals surface area (Å²) < 4.78 is 0. The van der Waals surface area contributed by atoms with Crippen molar-refractivity contribution >= 4 is 11.6 Å². The maximum atomic E-state index is 11.9. The van der Waals surface area contributed by atoms with E-state index in [0.717, 1.165) is 30.5 Å². The number of rotatable bonds is 5. The molecule has 3 heteroatoms. The number of nitrogens with one attached hydrogen (secondary N) is 1. The van der Waals surface area contributed by atoms with Crippen molar-refractivity contribution in [3.63, 3.8) is 0 Å². The van der Waals surface area contributed by atoms with Gasteiger partial charge in [-0.3, -0.25) is 4.79 Å². The highest BCUT2D eigenvalue weighted by molar-refractivity contribution is 6.01. The SMILES string of the molecule is C=C(C)C1CC=C(C)/C(=N/NC(=O)CCc2ccccc2)C1. The van der Waals surface area contributed by atoms with E-state index < -0.39 is 0 Å². The van der Waals surface area contributed by atoms with Gasteiger partial charge in [-0.15, -0.1) is 0 Å². The Balaban J connectivity index is 1.87. The molecule has 1 unspecified atom stereocenters. The Morgan fingerprint density at radius 1 is 1.36 bits per heavy atom. The minimum Gasteiger partial charge on any atom is -0.273 e. The third-order valence-corrected chi connectivity index (χ3v) is 4.10. The number of aryl methyl sites for hydroxylation is 1. The Morgan fingerprint density at radius 3 is 2.77 bits per heavy atom. The Labute approximate surface area is 132 Å². The fourth-order valence-corrected chi connectivity index (χ4v) is 2.51. The zero-order valence-electron chi connectivity index (χ0n) is 13.4. The summed E-state index contributed by atoms with van der Waals surface area (Å²) >= 11 is 0. The number of nitrogens with zero attached hydrogens (tertiary/aromatic N) is 1. The molecule has 3 nitrogen and oxygen atoms in total. The van der Waals surface area contributed by atoms with Gasteiger partial charge in [0.25, 0.3) is 0 Å². The zero-order valence-corrected chi connectivity index (χ0v) is 13.4. The van der Waals surface area contributed by atoms with E-state index in [1.807, 2.05) is 37.3 Å². The summed E-state index contributed by atoms with van der Waals surface area (Å²) in [5.41, 5.74) is 7.15. The fourth-order valence-electron chi connectivity index (χ4n) is 2.51. The van der Waals surface area contributed by atoms with Gasteiger partial charge in [0.2, 0.25) is 5.91 Å². The molecule has 0 aliphatic heterocycles. The Morgan fingerprint density at radius 2 is 2.09 bits per heavy atom. The minimum atomic E-state index is -0.0402. The predicted molar refractivity (Wildman–Crippen MR) is 91.6 cm³/mol. The van der Waals surface area contributed by atoms with Crippen molar-refractivity contribution < 1.29 is 4.79 Å². The van der Waals surface area contributed by atoms with Crippen LogP contribution < -0.4 is 5.43 Å². The molecule has 1 aliphatic rings. The van der Waals surface area contributed by atoms with Gasteiger partial charge in [0.1, 0.15) is 0 Å². The van der Waals surface area contributed by atoms with E-state index in [9.17, 15) is 4.79 Å². The standard InChI is InChI=1S/C19H24N2O/c1-14(2)17-11-9-15(3)18(13-17)20-21-19(22)12-10-16-7-5-4-6-8-16/h4-9,17H,1,10-13H2,2-3H3,(H,21,22)/b20-18+. The summed E-state index contributed by atoms with van der Waals surface area (Å²) in [6.07, 6.45) is 5.24. The second-order valence-electron chi connectivity index (χ2n) is 5.95. The van der Waals surface area contributed by atoms with Crippen LogP contribution >= 0.6 is 0 Å². The van der Waals surface area contributed by atoms with E-state index in [2.05, 4.69) is 30.1 Å². The summed E-state index contributed by atoms with van der Waals surface area (Å²) in [5, 5.41) is 4.32. The topological polar surface area (TPSA) is 41.5 Å². The lowest BCUT2D eigenvalue weighted by atomic mass is 9.85. The lowest BCUT2D eigenvalue weighted by Gasteiger charge is -2.22. The van der Waals surface area contributed by atoms with Crippen LogP contribution in [0.4, 0.5) is 0 Å². The van der Waals surface area contributed by atoms with Crippen molar-refractivity contribution in [2.45, 2.75) is 39.5 Å². The highest BCUT2D eigenvalue weighted by Gasteiger charge is 2.18. The van der Waals surface area contributed by atoms with Crippen LogP contribution in [0.3, 0.4) is 0 Å². The number of carbonyl (C=O) groups is 1. The summed E-state index contributed by atoms with van der Waals surface area (Å²) in [4.78, 5) is 11.9. The molecule has 1 aromatic rings. The lowest BCUT2D eigenvalue weighted by molar-refractivity contribution is -0.121. The molecule has 0 spiro atoms. The first-order valence-electron chi connectivity index (χ1n) is 7.78. The van der Waals surface area contributed by atoms with Crippen LogP contribution in [-0.4, -0.2) is 11.6 Å². The molecule has 0 radical (unpaired) electrons. The second-order valence-corrected chi connectivity index (χ2v) is 5.95. The smallest absolute Gasteiger partial charge is 0.240 e. The largest absolute Gasteiger partial charge is 0.273 e. The van der Waals surface area contributed by atoms with Gasteiger partial charge < -0.3 is 0 Å². The Bertz CT molecular complexity index is 599. The third-order valence-electron chi connectivity index (χ3n) is 4.10. The summed E-state index contributed by atoms with van der Waals surface area (Å²) in [7, 11) is 0. The van der Waals surface area contributed by atoms with Crippen molar-refractivity contribution in [1.29, 1.82) is 0 Å². The van der Waals surface area contributed by atoms with Crippen LogP contribution in [0.2, 0.25) is 0 Å². The number of benzene rings is 1. The van der Waals surface area contributed by atoms with E-state index in [-0.39, 0.29) is 5.91 Å². The number of hydrogen-bond acceptors (Lipinski definition) is 2. The Kier molecular flexibility index (Phi) is 5.70. The van der Waals surface area contributed by atoms with Crippen LogP contribution in [0.1, 0.15) is 38.7 Å². The van der Waals surface area contributed by atoms with E-state index in [1.54, 1.807) is 0 Å². The molecule has 1 aliphatic carbocycles. The molecular weight excluding hydrogens is 272 g/mol. The first-order chi connectivity index (χ1) is 10.6. The quantitative estimate of drug-likeness (QED) is 0.647. The van der Waals surface area contributed by atoms with Gasteiger partial charge in [0.15, 0.2) is 0 Å². The number of carbonyl (C=O) groups excluding carboxylic acids is 1. The molecule has 0 heterocycles. The van der Waals surface area contributed by atoms with Gasteiger partial charge in [-0.25, -0.2) is 5.43 Å². The number of allylic oxidation sites excluding steroid dienone is 3. The molecule has 0 saturated heterocycles. The van der Waals surface area contributed by atoms with Gasteiger partial charge in [0, 0.05) is 6.42 Å². The molecule has 1 N–H and O–H groups in total. The van der Waals surface area contributed by atoms with Crippen LogP contribution in [0.25, 0.3) is 0 Å². The van der Waals surface area contributed by atoms with Gasteiger partial charge in [-0.2, -0.15) is 5.10 Å². The minimum absolute atomic E-state index is 0.0402. The van der Waals surface area contributed by atoms with E-state index in [1.165, 1.54) is 11.1 Å². The fraction of sp³-hybridized carbons (Fsp3) is 0.368. The van der Waals surface area contributed by atoms with Gasteiger partial charge in [-0.05, 0) is 50.2 Å². The number of hydrogen-bond donors (Lipinski definition) is 1. The molecular formula is C19H24N2O. The first kappa shape index (κ1) is 16.2. The lowest BCUT2D eigenvalue weighted by Crippen LogP contribution is -2.23. The molecule has 0 fully saturated rings. The van der Waals surface area contributed by atoms with Gasteiger partial charge in [-0.1, -0.05) is 48.6 Å². The van der Waals surface area contributed by atoms with Crippen molar-refractivity contribution in [2.75, 3.05) is 0 Å². The predicted octanol–water partition coefficient (Wildman–Crippen LogP) is 4.02. The van der Waals surface area contributed by atoms with Crippen molar-refractivity contribution in [3.8, 4) is 0 Å². The maximum Gasteiger partial charge on any atom is 0.240 e. The molecule has 1 amide bonds. The molecule has 2 rings (SSSR count). The van der Waals surface area contributed by atoms with Crippen LogP contribution in [0, 0.1) is 5.92 Å². The molecule has 1 aromatic carbocycles. The van der Waals surface area contributed by atoms with E-state index >= 15 is 0 Å². The molecule has 116 valence electrons. The summed E-state index contributed by atoms with van der Waals surface area (Å²) in [6, 6.07) is 10.0. The molecule has 1 atom stereocenters. The van der Waals surface area contributed by atoms with E-state index in [4.69, 9.17) is 0 Å². The molecule has 22 heavy (non-hydrogen) atoms. The molecule has 0 bridgehead atoms. The van der Waals surface area contributed by atoms with Crippen molar-refractivity contribution in [2.24, 2.45) is 11.0 Å². The zero-order chi connectivity index (χ0) is 15.9. The Hall–Kier alpha value is -2.16. The van der Waals surface area contributed by atoms with Crippen molar-refractivity contribution in [1.82, 2.24) is 5.43 Å². The van der Waals surface area contributed by atoms with Crippen LogP contribution in [0.15, 0.2) is 59.2 Å². The second kappa shape index (κ2) is 7.74. The molecule has 0 aromatic heterocycles. The molecule has 0 saturated carbocycles. The first-order valence-corrected chi connectivity index (χ1v) is 7.78. The number of amides is 1. The normalized spacial score (nSPS) is 19.6. The van der Waals surface area contributed by atoms with Crippen LogP contribution in [-0.2, 0) is 11.2 Å². The van der Waals surface area contributed by atoms with E-state index in [0.29, 0.717) is 12.3 Å². The number of hydrazone groups is 1. The van der Waals surface area contributed by atoms with Crippen molar-refractivity contribution in [3.05, 3.63) is 59.7 Å². The highest BCUT2D eigenvalue weighted by atomic mass is 16.2. The highest BCUT2D eigenvalue weighted by Crippen LogP contribution is 2.26. The average Bonchev–Trinajstić information content (AvgIpc) is 2.53. The average molecular weight is 296 g/mol. The van der Waals surface area contributed by atoms with Crippen LogP contribution in [0.5, 0.6) is 0 Å². The third kappa shape index (κ3) is 4.69. The van der Waals surface area contributed by atoms with Gasteiger partial charge in [0.05, 0.1) is 5.71 Å². The summed E-state index contributed by atoms with van der Waals surface area (Å²) in [6.45, 7) is 8.12. The van der Waals surface area contributed by atoms with Gasteiger partial charge >= 0.3 is 0 Å². The maximum absolute atomic E-state index is 11.9. The monoisotopic (exact) mass is 296 g/mol. The summed E-state index contributed by atoms with van der Waals surface area (Å²) in [5.74, 6) is 0.394.